The normalized spacial score (nSPS) is 11.2. The number of nitrogens with zero attached hydrogens (tertiary/aromatic N) is 1. The summed E-state index contributed by atoms with van der Waals surface area (Å²) in [7, 11) is 0. The summed E-state index contributed by atoms with van der Waals surface area (Å²) >= 11 is 0. The molecule has 0 spiro atoms. The van der Waals surface area contributed by atoms with Crippen LogP contribution in [0.2, 0.25) is 0 Å². The van der Waals surface area contributed by atoms with Gasteiger partial charge < -0.3 is 15.8 Å². The molecule has 0 radical (unpaired) electrons. The van der Waals surface area contributed by atoms with Crippen molar-refractivity contribution in [3.8, 4) is 11.6 Å². The Labute approximate surface area is 171 Å². The van der Waals surface area contributed by atoms with Gasteiger partial charge in [-0.1, -0.05) is 29.8 Å². The molecule has 8 heteroatoms. The van der Waals surface area contributed by atoms with Crippen LogP contribution in [0.1, 0.15) is 32.6 Å². The Balaban J connectivity index is 1.85. The molecule has 156 valence electrons. The van der Waals surface area contributed by atoms with Gasteiger partial charge in [0, 0.05) is 18.4 Å². The first-order chi connectivity index (χ1) is 14.1. The highest BCUT2D eigenvalue weighted by atomic mass is 19.4. The number of carbonyl (C=O) groups excluding carboxylic acids is 1. The fourth-order valence-electron chi connectivity index (χ4n) is 2.80. The number of aromatic nitrogens is 1. The second-order valence-corrected chi connectivity index (χ2v) is 6.88. The SMILES string of the molecule is Cc1ccc(CNc2ccc(Oc3ncc(C)cc3C(F)(F)F)cc2C(N)=O)cc1. The van der Waals surface area contributed by atoms with Crippen molar-refractivity contribution in [1.29, 1.82) is 0 Å². The van der Waals surface area contributed by atoms with Gasteiger partial charge in [0.2, 0.25) is 5.88 Å². The maximum absolute atomic E-state index is 13.3. The van der Waals surface area contributed by atoms with Gasteiger partial charge in [-0.3, -0.25) is 4.79 Å². The minimum atomic E-state index is -4.63. The lowest BCUT2D eigenvalue weighted by Crippen LogP contribution is -2.15. The van der Waals surface area contributed by atoms with Gasteiger partial charge in [-0.2, -0.15) is 13.2 Å². The zero-order chi connectivity index (χ0) is 21.9. The Morgan fingerprint density at radius 2 is 1.77 bits per heavy atom. The number of halogens is 3. The van der Waals surface area contributed by atoms with Crippen molar-refractivity contribution in [3.05, 3.63) is 82.5 Å². The number of primary amides is 1. The summed E-state index contributed by atoms with van der Waals surface area (Å²) in [5.74, 6) is -1.31. The molecule has 0 aliphatic heterocycles. The smallest absolute Gasteiger partial charge is 0.421 e. The van der Waals surface area contributed by atoms with Crippen molar-refractivity contribution in [3.63, 3.8) is 0 Å². The number of anilines is 1. The standard InChI is InChI=1S/C22H20F3N3O2/c1-13-3-5-15(6-4-13)12-27-19-8-7-16(10-17(19)20(26)29)30-21-18(22(23,24)25)9-14(2)11-28-21/h3-11,27H,12H2,1-2H3,(H2,26,29). The first-order valence-electron chi connectivity index (χ1n) is 9.08. The van der Waals surface area contributed by atoms with Gasteiger partial charge in [0.05, 0.1) is 5.56 Å². The largest absolute Gasteiger partial charge is 0.438 e. The number of pyridine rings is 1. The second kappa shape index (κ2) is 8.44. The van der Waals surface area contributed by atoms with Crippen LogP contribution in [0, 0.1) is 13.8 Å². The summed E-state index contributed by atoms with van der Waals surface area (Å²) in [6, 6.07) is 13.1. The molecule has 1 heterocycles. The molecular formula is C22H20F3N3O2. The van der Waals surface area contributed by atoms with Gasteiger partial charge >= 0.3 is 6.18 Å². The third-order valence-electron chi connectivity index (χ3n) is 4.37. The highest BCUT2D eigenvalue weighted by molar-refractivity contribution is 5.99. The van der Waals surface area contributed by atoms with Crippen molar-refractivity contribution >= 4 is 11.6 Å². The minimum absolute atomic E-state index is 0.0199. The van der Waals surface area contributed by atoms with E-state index in [2.05, 4.69) is 10.3 Å². The van der Waals surface area contributed by atoms with E-state index in [0.29, 0.717) is 17.8 Å². The van der Waals surface area contributed by atoms with Crippen LogP contribution in [0.25, 0.3) is 0 Å². The van der Waals surface area contributed by atoms with E-state index >= 15 is 0 Å². The number of alkyl halides is 3. The van der Waals surface area contributed by atoms with Gasteiger partial charge in [-0.05, 0) is 49.2 Å². The summed E-state index contributed by atoms with van der Waals surface area (Å²) in [5, 5.41) is 3.11. The quantitative estimate of drug-likeness (QED) is 0.579. The molecule has 0 bridgehead atoms. The molecular weight excluding hydrogens is 395 g/mol. The zero-order valence-corrected chi connectivity index (χ0v) is 16.4. The molecule has 1 aromatic heterocycles. The molecule has 3 rings (SSSR count). The van der Waals surface area contributed by atoms with Gasteiger partial charge in [0.1, 0.15) is 11.3 Å². The summed E-state index contributed by atoms with van der Waals surface area (Å²) in [5.41, 5.74) is 7.48. The van der Waals surface area contributed by atoms with E-state index in [1.54, 1.807) is 0 Å². The van der Waals surface area contributed by atoms with Crippen molar-refractivity contribution in [2.45, 2.75) is 26.6 Å². The summed E-state index contributed by atoms with van der Waals surface area (Å²) in [6.07, 6.45) is -3.35. The van der Waals surface area contributed by atoms with Gasteiger partial charge in [-0.25, -0.2) is 4.98 Å². The molecule has 0 atom stereocenters. The molecule has 0 fully saturated rings. The molecule has 0 saturated carbocycles. The molecule has 3 aromatic rings. The Bertz CT molecular complexity index is 1060. The number of hydrogen-bond donors (Lipinski definition) is 2. The minimum Gasteiger partial charge on any atom is -0.438 e. The Kier molecular flexibility index (Phi) is 5.96. The fourth-order valence-corrected chi connectivity index (χ4v) is 2.80. The number of aryl methyl sites for hydroxylation is 2. The number of amides is 1. The van der Waals surface area contributed by atoms with Crippen LogP contribution in [-0.4, -0.2) is 10.9 Å². The number of nitrogens with one attached hydrogen (secondary N) is 1. The van der Waals surface area contributed by atoms with Crippen LogP contribution in [0.4, 0.5) is 18.9 Å². The van der Waals surface area contributed by atoms with Crippen LogP contribution in [0.5, 0.6) is 11.6 Å². The first-order valence-corrected chi connectivity index (χ1v) is 9.08. The summed E-state index contributed by atoms with van der Waals surface area (Å²) < 4.78 is 45.2. The number of ether oxygens (including phenoxy) is 1. The fraction of sp³-hybridized carbons (Fsp3) is 0.182. The average molecular weight is 415 g/mol. The number of carbonyl (C=O) groups is 1. The molecule has 0 unspecified atom stereocenters. The van der Waals surface area contributed by atoms with E-state index in [4.69, 9.17) is 10.5 Å². The molecule has 0 aliphatic rings. The maximum atomic E-state index is 13.3. The lowest BCUT2D eigenvalue weighted by molar-refractivity contribution is -0.138. The number of rotatable bonds is 6. The van der Waals surface area contributed by atoms with E-state index in [9.17, 15) is 18.0 Å². The zero-order valence-electron chi connectivity index (χ0n) is 16.4. The van der Waals surface area contributed by atoms with E-state index in [0.717, 1.165) is 17.2 Å². The monoisotopic (exact) mass is 415 g/mol. The Morgan fingerprint density at radius 1 is 1.07 bits per heavy atom. The van der Waals surface area contributed by atoms with Gasteiger partial charge in [0.15, 0.2) is 0 Å². The highest BCUT2D eigenvalue weighted by Crippen LogP contribution is 2.37. The van der Waals surface area contributed by atoms with Gasteiger partial charge in [0.25, 0.3) is 5.91 Å². The molecule has 1 amide bonds. The van der Waals surface area contributed by atoms with Crippen molar-refractivity contribution in [1.82, 2.24) is 4.98 Å². The van der Waals surface area contributed by atoms with Crippen LogP contribution < -0.4 is 15.8 Å². The second-order valence-electron chi connectivity index (χ2n) is 6.88. The van der Waals surface area contributed by atoms with Crippen LogP contribution in [0.15, 0.2) is 54.7 Å². The number of benzene rings is 2. The molecule has 0 aliphatic carbocycles. The molecule has 3 N–H and O–H groups in total. The average Bonchev–Trinajstić information content (AvgIpc) is 2.68. The van der Waals surface area contributed by atoms with Crippen molar-refractivity contribution in [2.24, 2.45) is 5.73 Å². The van der Waals surface area contributed by atoms with E-state index < -0.39 is 23.5 Å². The lowest BCUT2D eigenvalue weighted by Gasteiger charge is -2.15. The van der Waals surface area contributed by atoms with Crippen molar-refractivity contribution in [2.75, 3.05) is 5.32 Å². The lowest BCUT2D eigenvalue weighted by atomic mass is 10.1. The molecule has 2 aromatic carbocycles. The number of hydrogen-bond acceptors (Lipinski definition) is 4. The highest BCUT2D eigenvalue weighted by Gasteiger charge is 2.35. The summed E-state index contributed by atoms with van der Waals surface area (Å²) in [4.78, 5) is 15.6. The topological polar surface area (TPSA) is 77.2 Å². The van der Waals surface area contributed by atoms with Crippen LogP contribution >= 0.6 is 0 Å². The van der Waals surface area contributed by atoms with Crippen LogP contribution in [0.3, 0.4) is 0 Å². The molecule has 0 saturated heterocycles. The maximum Gasteiger partial charge on any atom is 0.421 e. The third kappa shape index (κ3) is 5.08. The van der Waals surface area contributed by atoms with Crippen LogP contribution in [-0.2, 0) is 12.7 Å². The first kappa shape index (κ1) is 21.2. The molecule has 5 nitrogen and oxygen atoms in total. The summed E-state index contributed by atoms with van der Waals surface area (Å²) in [6.45, 7) is 3.93. The predicted octanol–water partition coefficient (Wildman–Crippen LogP) is 5.22. The Hall–Kier alpha value is -3.55. The predicted molar refractivity (Wildman–Crippen MR) is 108 cm³/mol. The van der Waals surface area contributed by atoms with E-state index in [1.807, 2.05) is 31.2 Å². The van der Waals surface area contributed by atoms with E-state index in [-0.39, 0.29) is 11.3 Å². The number of nitrogens with two attached hydrogens (primary N) is 1. The van der Waals surface area contributed by atoms with Crippen molar-refractivity contribution < 1.29 is 22.7 Å². The van der Waals surface area contributed by atoms with Gasteiger partial charge in [-0.15, -0.1) is 0 Å². The Morgan fingerprint density at radius 3 is 2.40 bits per heavy atom. The van der Waals surface area contributed by atoms with E-state index in [1.165, 1.54) is 31.3 Å². The molecule has 30 heavy (non-hydrogen) atoms. The third-order valence-corrected chi connectivity index (χ3v) is 4.37.